The molecule has 0 fully saturated rings. The van der Waals surface area contributed by atoms with E-state index in [1.807, 2.05) is 0 Å². The number of carbonyl (C=O) groups excluding carboxylic acids is 6. The smallest absolute Gasteiger partial charge is 0.481 e. The zero-order valence-electron chi connectivity index (χ0n) is 17.7. The van der Waals surface area contributed by atoms with Gasteiger partial charge in [0.15, 0.2) is 0 Å². The maximum Gasteiger partial charge on any atom is 2.00 e. The number of hydrogen-bond acceptors (Lipinski definition) is 7. The monoisotopic (exact) mass is 499 g/mol. The van der Waals surface area contributed by atoms with Crippen LogP contribution in [0.3, 0.4) is 0 Å². The maximum absolute atomic E-state index is 9.98. The molecule has 0 atom stereocenters. The topological polar surface area (TPSA) is 140 Å². The van der Waals surface area contributed by atoms with E-state index in [1.165, 1.54) is 41.5 Å². The minimum Gasteiger partial charge on any atom is -0.481 e. The van der Waals surface area contributed by atoms with Gasteiger partial charge in [0.2, 0.25) is 0 Å². The molecule has 0 radical (unpaired) electrons. The van der Waals surface area contributed by atoms with Gasteiger partial charge in [-0.25, -0.2) is 0 Å². The number of Topliss-reactive ketones (excluding diaryl/α,β-unsaturated/α-hetero) is 6. The van der Waals surface area contributed by atoms with Crippen LogP contribution in [0, 0.1) is 19.3 Å². The molecule has 0 heterocycles. The van der Waals surface area contributed by atoms with Crippen LogP contribution in [-0.4, -0.2) is 45.8 Å². The second kappa shape index (κ2) is 27.6. The van der Waals surface area contributed by atoms with Gasteiger partial charge in [-0.15, -0.1) is 0 Å². The molecule has 0 rings (SSSR count). The standard InChI is InChI=1S/3C5H7O2.C3H6O2.2Zn/c3*1-4(6)3-5(2)7;1-2-3(4)5;;/h3*3H,1-2H3;2H2,1H3,(H,4,5);;/q3*-1;;;+2. The summed E-state index contributed by atoms with van der Waals surface area (Å²) in [6, 6.07) is 0. The number of rotatable bonds is 7. The molecule has 0 aliphatic carbocycles. The first-order valence-corrected chi connectivity index (χ1v) is 7.45. The normalized spacial score (nSPS) is 7.11. The number of carboxylic acids is 1. The molecular weight excluding hydrogens is 475 g/mol. The second-order valence-electron chi connectivity index (χ2n) is 4.84. The fourth-order valence-electron chi connectivity index (χ4n) is 0.859. The van der Waals surface area contributed by atoms with Crippen LogP contribution in [0.2, 0.25) is 0 Å². The summed E-state index contributed by atoms with van der Waals surface area (Å²) in [5.41, 5.74) is 0. The molecule has 0 aromatic rings. The molecule has 8 nitrogen and oxygen atoms in total. The predicted octanol–water partition coefficient (Wildman–Crippen LogP) is 1.58. The van der Waals surface area contributed by atoms with Crippen LogP contribution in [0.1, 0.15) is 54.9 Å². The van der Waals surface area contributed by atoms with Gasteiger partial charge in [-0.2, -0.15) is 0 Å². The van der Waals surface area contributed by atoms with Gasteiger partial charge in [0, 0.05) is 60.6 Å². The summed E-state index contributed by atoms with van der Waals surface area (Å²) < 4.78 is 0. The van der Waals surface area contributed by atoms with Gasteiger partial charge in [0.1, 0.15) is 0 Å². The maximum atomic E-state index is 9.98. The van der Waals surface area contributed by atoms with Crippen LogP contribution in [0.15, 0.2) is 0 Å². The predicted molar refractivity (Wildman–Crippen MR) is 94.9 cm³/mol. The van der Waals surface area contributed by atoms with Crippen LogP contribution in [0.4, 0.5) is 0 Å². The first kappa shape index (κ1) is 40.9. The van der Waals surface area contributed by atoms with Crippen molar-refractivity contribution >= 4 is 40.7 Å². The summed E-state index contributed by atoms with van der Waals surface area (Å²) in [6.07, 6.45) is 3.39. The van der Waals surface area contributed by atoms with Gasteiger partial charge in [-0.1, -0.05) is 6.92 Å². The van der Waals surface area contributed by atoms with E-state index in [4.69, 9.17) is 5.11 Å². The Morgan fingerprint density at radius 2 is 0.679 bits per heavy atom. The molecule has 0 aromatic carbocycles. The van der Waals surface area contributed by atoms with Crippen LogP contribution < -0.4 is 0 Å². The third-order valence-electron chi connectivity index (χ3n) is 1.52. The van der Waals surface area contributed by atoms with E-state index in [-0.39, 0.29) is 80.1 Å². The van der Waals surface area contributed by atoms with Gasteiger partial charge in [-0.3, -0.25) is 24.1 Å². The quantitative estimate of drug-likeness (QED) is 0.315. The van der Waals surface area contributed by atoms with Crippen molar-refractivity contribution in [3.63, 3.8) is 0 Å². The Balaban J connectivity index is -0.0000000567. The Kier molecular flexibility index (Phi) is 40.3. The molecule has 0 spiro atoms. The van der Waals surface area contributed by atoms with Gasteiger partial charge in [0.05, 0.1) is 0 Å². The van der Waals surface area contributed by atoms with E-state index in [9.17, 15) is 33.6 Å². The SMILES string of the molecule is CC(=O)[CH-]C(C)=O.CC(=O)[CH-]C(C)=O.CC(=O)[CH-]C(C)=O.CCC(=O)O.[Zn+2].[Zn]. The average Bonchev–Trinajstić information content (AvgIpc) is 2.35. The Bertz CT molecular complexity index is 416. The van der Waals surface area contributed by atoms with E-state index >= 15 is 0 Å². The Morgan fingerprint density at radius 3 is 0.679 bits per heavy atom. The van der Waals surface area contributed by atoms with Gasteiger partial charge < -0.3 is 33.9 Å². The number of hydrogen-bond donors (Lipinski definition) is 1. The zero-order valence-corrected chi connectivity index (χ0v) is 23.6. The van der Waals surface area contributed by atoms with E-state index < -0.39 is 5.97 Å². The summed E-state index contributed by atoms with van der Waals surface area (Å²) in [5.74, 6) is -1.87. The number of aliphatic carboxylic acids is 1. The molecule has 0 saturated heterocycles. The number of carboxylic acid groups (broad SMARTS) is 1. The molecule has 0 bridgehead atoms. The molecule has 0 amide bonds. The summed E-state index contributed by atoms with van der Waals surface area (Å²) >= 11 is 0. The molecule has 0 saturated carbocycles. The van der Waals surface area contributed by atoms with Gasteiger partial charge in [-0.05, 0) is 41.5 Å². The van der Waals surface area contributed by atoms with Crippen molar-refractivity contribution in [1.82, 2.24) is 0 Å². The van der Waals surface area contributed by atoms with Crippen molar-refractivity contribution in [2.24, 2.45) is 0 Å². The number of carbonyl (C=O) groups is 7. The molecule has 152 valence electrons. The van der Waals surface area contributed by atoms with Crippen LogP contribution in [-0.2, 0) is 72.5 Å². The molecule has 0 aliphatic heterocycles. The first-order valence-electron chi connectivity index (χ1n) is 7.45. The minimum absolute atomic E-state index is 0. The molecule has 10 heteroatoms. The van der Waals surface area contributed by atoms with Crippen LogP contribution >= 0.6 is 0 Å². The third-order valence-corrected chi connectivity index (χ3v) is 1.52. The first-order chi connectivity index (χ1) is 11.6. The summed E-state index contributed by atoms with van der Waals surface area (Å²) in [6.45, 7) is 9.69. The molecular formula is C18H27O8Zn2-. The average molecular weight is 502 g/mol. The van der Waals surface area contributed by atoms with Crippen molar-refractivity contribution in [2.45, 2.75) is 54.9 Å². The Morgan fingerprint density at radius 1 is 0.571 bits per heavy atom. The van der Waals surface area contributed by atoms with Crippen molar-refractivity contribution in [2.75, 3.05) is 0 Å². The fraction of sp³-hybridized carbons (Fsp3) is 0.444. The van der Waals surface area contributed by atoms with E-state index in [2.05, 4.69) is 0 Å². The number of ketones is 6. The van der Waals surface area contributed by atoms with Crippen molar-refractivity contribution in [3.8, 4) is 0 Å². The van der Waals surface area contributed by atoms with E-state index in [0.29, 0.717) is 0 Å². The molecule has 1 N–H and O–H groups in total. The molecule has 28 heavy (non-hydrogen) atoms. The fourth-order valence-corrected chi connectivity index (χ4v) is 0.859. The van der Waals surface area contributed by atoms with Gasteiger partial charge in [0.25, 0.3) is 0 Å². The third kappa shape index (κ3) is 87.1. The molecule has 0 unspecified atom stereocenters. The molecule has 0 aromatic heterocycles. The molecule has 0 aliphatic rings. The van der Waals surface area contributed by atoms with Crippen LogP contribution in [0.5, 0.6) is 0 Å². The van der Waals surface area contributed by atoms with Crippen molar-refractivity contribution in [3.05, 3.63) is 19.3 Å². The van der Waals surface area contributed by atoms with Crippen molar-refractivity contribution in [1.29, 1.82) is 0 Å². The Labute approximate surface area is 192 Å². The Hall–Kier alpha value is -1.65. The van der Waals surface area contributed by atoms with Crippen molar-refractivity contribution < 1.29 is 77.6 Å². The minimum atomic E-state index is -0.745. The largest absolute Gasteiger partial charge is 2.00 e. The van der Waals surface area contributed by atoms with Crippen LogP contribution in [0.25, 0.3) is 0 Å². The summed E-state index contributed by atoms with van der Waals surface area (Å²) in [5, 5.41) is 7.72. The zero-order chi connectivity index (χ0) is 21.9. The van der Waals surface area contributed by atoms with E-state index in [0.717, 1.165) is 19.3 Å². The van der Waals surface area contributed by atoms with E-state index in [1.54, 1.807) is 6.92 Å². The summed E-state index contributed by atoms with van der Waals surface area (Å²) in [4.78, 5) is 69.2. The summed E-state index contributed by atoms with van der Waals surface area (Å²) in [7, 11) is 0. The van der Waals surface area contributed by atoms with Gasteiger partial charge >= 0.3 is 25.4 Å². The second-order valence-corrected chi connectivity index (χ2v) is 4.84.